The first kappa shape index (κ1) is 9.33. The van der Waals surface area contributed by atoms with E-state index < -0.39 is 0 Å². The molecule has 2 heteroatoms. The van der Waals surface area contributed by atoms with Crippen LogP contribution >= 0.6 is 0 Å². The Kier molecular flexibility index (Phi) is 31.9. The second-order valence-electron chi connectivity index (χ2n) is 1.08. The van der Waals surface area contributed by atoms with Crippen LogP contribution in [0.1, 0.15) is 0 Å². The quantitative estimate of drug-likeness (QED) is 0.379. The molecule has 2 nitrogen and oxygen atoms in total. The SMILES string of the molecule is CNC.C[NH2+]C. The van der Waals surface area contributed by atoms with Gasteiger partial charge in [-0.3, -0.25) is 0 Å². The minimum Gasteiger partial charge on any atom is -0.351 e. The molecule has 0 saturated carbocycles. The van der Waals surface area contributed by atoms with Crippen LogP contribution in [0.15, 0.2) is 0 Å². The lowest BCUT2D eigenvalue weighted by molar-refractivity contribution is -0.597. The van der Waals surface area contributed by atoms with Gasteiger partial charge in [-0.15, -0.1) is 0 Å². The van der Waals surface area contributed by atoms with Gasteiger partial charge in [-0.25, -0.2) is 0 Å². The fourth-order valence-corrected chi connectivity index (χ4v) is 0. The molecule has 0 bridgehead atoms. The average Bonchev–Trinajstić information content (AvgIpc) is 1.39. The van der Waals surface area contributed by atoms with E-state index in [4.69, 9.17) is 0 Å². The molecule has 0 rings (SSSR count). The van der Waals surface area contributed by atoms with Crippen molar-refractivity contribution in [3.05, 3.63) is 0 Å². The predicted molar refractivity (Wildman–Crippen MR) is 28.8 cm³/mol. The van der Waals surface area contributed by atoms with E-state index in [-0.39, 0.29) is 0 Å². The topological polar surface area (TPSA) is 28.6 Å². The summed E-state index contributed by atoms with van der Waals surface area (Å²) >= 11 is 0. The number of quaternary nitrogens is 1. The molecule has 0 saturated heterocycles. The van der Waals surface area contributed by atoms with Crippen molar-refractivity contribution < 1.29 is 5.32 Å². The highest BCUT2D eigenvalue weighted by atomic mass is 14.7. The molecule has 0 aromatic heterocycles. The van der Waals surface area contributed by atoms with Crippen molar-refractivity contribution in [2.45, 2.75) is 0 Å². The van der Waals surface area contributed by atoms with Gasteiger partial charge in [0.05, 0.1) is 14.1 Å². The average molecular weight is 91.2 g/mol. The maximum atomic E-state index is 2.75. The molecule has 0 aromatic carbocycles. The lowest BCUT2D eigenvalue weighted by atomic mass is 11.3. The first-order valence-corrected chi connectivity index (χ1v) is 2.15. The van der Waals surface area contributed by atoms with Crippen LogP contribution in [-0.2, 0) is 0 Å². The van der Waals surface area contributed by atoms with E-state index in [1.165, 1.54) is 0 Å². The third-order valence-electron chi connectivity index (χ3n) is 0. The van der Waals surface area contributed by atoms with Crippen molar-refractivity contribution in [2.24, 2.45) is 0 Å². The third kappa shape index (κ3) is 5220. The van der Waals surface area contributed by atoms with E-state index in [2.05, 4.69) is 5.32 Å². The van der Waals surface area contributed by atoms with Crippen LogP contribution in [0.5, 0.6) is 0 Å². The molecule has 0 aliphatic carbocycles. The maximum absolute atomic E-state index is 2.75. The Morgan fingerprint density at radius 1 is 1.17 bits per heavy atom. The second kappa shape index (κ2) is 20.5. The summed E-state index contributed by atoms with van der Waals surface area (Å²) in [7, 11) is 7.75. The highest BCUT2D eigenvalue weighted by Crippen LogP contribution is 0.981. The summed E-state index contributed by atoms with van der Waals surface area (Å²) in [6.45, 7) is 0. The summed E-state index contributed by atoms with van der Waals surface area (Å²) in [5.41, 5.74) is 0. The van der Waals surface area contributed by atoms with Crippen LogP contribution in [0.4, 0.5) is 0 Å². The van der Waals surface area contributed by atoms with E-state index in [0.29, 0.717) is 0 Å². The zero-order chi connectivity index (χ0) is 5.41. The molecule has 0 aliphatic heterocycles. The first-order chi connectivity index (χ1) is 2.83. The van der Waals surface area contributed by atoms with Crippen molar-refractivity contribution in [3.63, 3.8) is 0 Å². The largest absolute Gasteiger partial charge is 0.351 e. The minimum atomic E-state index is 1.88. The molecule has 0 amide bonds. The summed E-state index contributed by atoms with van der Waals surface area (Å²) in [6, 6.07) is 0. The Bertz CT molecular complexity index is 7.51. The Balaban J connectivity index is 0. The van der Waals surface area contributed by atoms with Gasteiger partial charge in [-0.1, -0.05) is 0 Å². The standard InChI is InChI=1S/2C2H7N/c2*1-3-2/h2*3H,1-2H3/p+1. The van der Waals surface area contributed by atoms with E-state index in [9.17, 15) is 0 Å². The van der Waals surface area contributed by atoms with Gasteiger partial charge in [0, 0.05) is 0 Å². The maximum Gasteiger partial charge on any atom is 0.0647 e. The van der Waals surface area contributed by atoms with Gasteiger partial charge in [0.25, 0.3) is 0 Å². The molecule has 3 N–H and O–H groups in total. The Labute approximate surface area is 39.9 Å². The van der Waals surface area contributed by atoms with Gasteiger partial charge in [0.1, 0.15) is 0 Å². The highest BCUT2D eigenvalue weighted by molar-refractivity contribution is 3.91. The monoisotopic (exact) mass is 91.1 g/mol. The summed E-state index contributed by atoms with van der Waals surface area (Å²) in [4.78, 5) is 0. The van der Waals surface area contributed by atoms with Crippen molar-refractivity contribution in [1.82, 2.24) is 5.32 Å². The van der Waals surface area contributed by atoms with Gasteiger partial charge in [-0.2, -0.15) is 0 Å². The van der Waals surface area contributed by atoms with Crippen molar-refractivity contribution >= 4 is 0 Å². The molecular weight excluding hydrogens is 76.1 g/mol. The summed E-state index contributed by atoms with van der Waals surface area (Å²) in [5.74, 6) is 0. The fraction of sp³-hybridized carbons (Fsp3) is 1.00. The lowest BCUT2D eigenvalue weighted by Crippen LogP contribution is -2.74. The van der Waals surface area contributed by atoms with Gasteiger partial charge in [0.15, 0.2) is 0 Å². The van der Waals surface area contributed by atoms with Crippen molar-refractivity contribution in [1.29, 1.82) is 0 Å². The molecular formula is C4H15N2+. The van der Waals surface area contributed by atoms with Gasteiger partial charge >= 0.3 is 0 Å². The van der Waals surface area contributed by atoms with E-state index >= 15 is 0 Å². The molecule has 0 aromatic rings. The Morgan fingerprint density at radius 3 is 1.17 bits per heavy atom. The molecule has 0 radical (unpaired) electrons. The van der Waals surface area contributed by atoms with E-state index in [1.807, 2.05) is 33.5 Å². The fourth-order valence-electron chi connectivity index (χ4n) is 0. The molecule has 6 heavy (non-hydrogen) atoms. The van der Waals surface area contributed by atoms with Crippen LogP contribution in [0, 0.1) is 0 Å². The summed E-state index contributed by atoms with van der Waals surface area (Å²) < 4.78 is 0. The lowest BCUT2D eigenvalue weighted by Gasteiger charge is -1.59. The van der Waals surface area contributed by atoms with Crippen LogP contribution in [0.2, 0.25) is 0 Å². The van der Waals surface area contributed by atoms with Gasteiger partial charge < -0.3 is 10.6 Å². The highest BCUT2D eigenvalue weighted by Gasteiger charge is 1.29. The van der Waals surface area contributed by atoms with Gasteiger partial charge in [0.2, 0.25) is 0 Å². The van der Waals surface area contributed by atoms with E-state index in [0.717, 1.165) is 0 Å². The Morgan fingerprint density at radius 2 is 1.17 bits per heavy atom. The number of nitrogens with one attached hydrogen (secondary N) is 1. The molecule has 40 valence electrons. The molecule has 0 aliphatic rings. The molecule has 0 spiro atoms. The van der Waals surface area contributed by atoms with Crippen molar-refractivity contribution in [2.75, 3.05) is 28.2 Å². The smallest absolute Gasteiger partial charge is 0.0647 e. The molecule has 0 heterocycles. The Hall–Kier alpha value is -0.0800. The number of rotatable bonds is 0. The predicted octanol–water partition coefficient (Wildman–Crippen LogP) is -1.35. The third-order valence-corrected chi connectivity index (χ3v) is 0. The summed E-state index contributed by atoms with van der Waals surface area (Å²) in [5, 5.41) is 4.75. The zero-order valence-corrected chi connectivity index (χ0v) is 5.08. The number of nitrogens with two attached hydrogens (primary N) is 1. The van der Waals surface area contributed by atoms with Crippen LogP contribution in [0.25, 0.3) is 0 Å². The van der Waals surface area contributed by atoms with Crippen LogP contribution in [-0.4, -0.2) is 28.2 Å². The van der Waals surface area contributed by atoms with E-state index in [1.54, 1.807) is 0 Å². The van der Waals surface area contributed by atoms with Gasteiger partial charge in [-0.05, 0) is 14.1 Å². The molecule has 0 unspecified atom stereocenters. The van der Waals surface area contributed by atoms with Crippen molar-refractivity contribution in [3.8, 4) is 0 Å². The summed E-state index contributed by atoms with van der Waals surface area (Å²) in [6.07, 6.45) is 0. The van der Waals surface area contributed by atoms with Crippen LogP contribution in [0.3, 0.4) is 0 Å². The second-order valence-corrected chi connectivity index (χ2v) is 1.08. The molecule has 0 fully saturated rings. The van der Waals surface area contributed by atoms with Crippen LogP contribution < -0.4 is 10.6 Å². The first-order valence-electron chi connectivity index (χ1n) is 2.15. The molecule has 0 atom stereocenters. The normalized spacial score (nSPS) is 6.00. The number of hydrogen-bond acceptors (Lipinski definition) is 1. The minimum absolute atomic E-state index is 1.88. The zero-order valence-electron chi connectivity index (χ0n) is 5.08. The number of hydrogen-bond donors (Lipinski definition) is 2.